The van der Waals surface area contributed by atoms with E-state index in [1.807, 2.05) is 0 Å². The zero-order chi connectivity index (χ0) is 17.5. The molecule has 0 aliphatic heterocycles. The summed E-state index contributed by atoms with van der Waals surface area (Å²) in [6.45, 7) is -0.0762. The number of nitrogens with two attached hydrogens (primary N) is 1. The quantitative estimate of drug-likeness (QED) is 0.670. The summed E-state index contributed by atoms with van der Waals surface area (Å²) in [7, 11) is 0. The van der Waals surface area contributed by atoms with Gasteiger partial charge < -0.3 is 16.4 Å². The molecule has 0 atom stereocenters. The van der Waals surface area contributed by atoms with Crippen molar-refractivity contribution in [2.45, 2.75) is 4.90 Å². The van der Waals surface area contributed by atoms with Gasteiger partial charge >= 0.3 is 0 Å². The van der Waals surface area contributed by atoms with E-state index < -0.39 is 23.4 Å². The largest absolute Gasteiger partial charge is 0.375 e. The lowest BCUT2D eigenvalue weighted by Crippen LogP contribution is -2.22. The molecule has 0 aromatic heterocycles. The Morgan fingerprint density at radius 2 is 1.83 bits per heavy atom. The summed E-state index contributed by atoms with van der Waals surface area (Å²) >= 11 is 1.25. The van der Waals surface area contributed by atoms with Crippen molar-refractivity contribution in [3.8, 4) is 0 Å². The van der Waals surface area contributed by atoms with Crippen LogP contribution in [0.25, 0.3) is 0 Å². The molecule has 2 amide bonds. The molecule has 0 saturated heterocycles. The van der Waals surface area contributed by atoms with Gasteiger partial charge in [-0.2, -0.15) is 0 Å². The Balaban J connectivity index is 1.94. The van der Waals surface area contributed by atoms with Crippen molar-refractivity contribution < 1.29 is 18.4 Å². The summed E-state index contributed by atoms with van der Waals surface area (Å²) in [6, 6.07) is 10.3. The monoisotopic (exact) mass is 351 g/mol. The molecule has 2 rings (SSSR count). The topological polar surface area (TPSA) is 84.2 Å². The Bertz CT molecular complexity index is 756. The van der Waals surface area contributed by atoms with Gasteiger partial charge in [0.2, 0.25) is 11.8 Å². The molecule has 0 aliphatic rings. The molecule has 0 aliphatic carbocycles. The number of hydrogen-bond donors (Lipinski definition) is 3. The maximum absolute atomic E-state index is 13.1. The van der Waals surface area contributed by atoms with E-state index in [4.69, 9.17) is 5.73 Å². The SMILES string of the molecule is NC(=O)CSc1ccccc1NCC(=O)Nc1ccc(F)c(F)c1. The van der Waals surface area contributed by atoms with E-state index in [2.05, 4.69) is 10.6 Å². The van der Waals surface area contributed by atoms with E-state index in [0.717, 1.165) is 17.0 Å². The first-order valence-corrected chi connectivity index (χ1v) is 7.93. The van der Waals surface area contributed by atoms with Crippen LogP contribution in [0.4, 0.5) is 20.2 Å². The van der Waals surface area contributed by atoms with E-state index in [9.17, 15) is 18.4 Å². The maximum atomic E-state index is 13.1. The molecule has 126 valence electrons. The number of anilines is 2. The lowest BCUT2D eigenvalue weighted by atomic mass is 10.3. The van der Waals surface area contributed by atoms with E-state index in [1.54, 1.807) is 24.3 Å². The van der Waals surface area contributed by atoms with Gasteiger partial charge in [0, 0.05) is 22.3 Å². The highest BCUT2D eigenvalue weighted by atomic mass is 32.2. The summed E-state index contributed by atoms with van der Waals surface area (Å²) in [5.41, 5.74) is 5.95. The minimum Gasteiger partial charge on any atom is -0.375 e. The lowest BCUT2D eigenvalue weighted by molar-refractivity contribution is -0.116. The van der Waals surface area contributed by atoms with E-state index >= 15 is 0 Å². The number of carbonyl (C=O) groups excluding carboxylic acids is 2. The summed E-state index contributed by atoms with van der Waals surface area (Å²) in [5.74, 6) is -2.75. The second-order valence-corrected chi connectivity index (χ2v) is 5.80. The van der Waals surface area contributed by atoms with E-state index in [1.165, 1.54) is 17.8 Å². The van der Waals surface area contributed by atoms with Crippen LogP contribution >= 0.6 is 11.8 Å². The molecule has 0 saturated carbocycles. The summed E-state index contributed by atoms with van der Waals surface area (Å²) in [5, 5.41) is 5.39. The second kappa shape index (κ2) is 8.30. The van der Waals surface area contributed by atoms with Gasteiger partial charge in [0.25, 0.3) is 0 Å². The minimum absolute atomic E-state index is 0.0762. The molecule has 5 nitrogen and oxygen atoms in total. The van der Waals surface area contributed by atoms with Crippen molar-refractivity contribution in [1.29, 1.82) is 0 Å². The van der Waals surface area contributed by atoms with Crippen LogP contribution in [0, 0.1) is 11.6 Å². The third-order valence-corrected chi connectivity index (χ3v) is 4.00. The molecule has 0 unspecified atom stereocenters. The molecule has 0 radical (unpaired) electrons. The minimum atomic E-state index is -1.03. The number of para-hydroxylation sites is 1. The standard InChI is InChI=1S/C16H15F2N3O2S/c17-11-6-5-10(7-12(11)18)21-16(23)8-20-13-3-1-2-4-14(13)24-9-15(19)22/h1-7,20H,8-9H2,(H2,19,22)(H,21,23). The van der Waals surface area contributed by atoms with Gasteiger partial charge in [0.05, 0.1) is 12.3 Å². The summed E-state index contributed by atoms with van der Waals surface area (Å²) < 4.78 is 25.9. The van der Waals surface area contributed by atoms with E-state index in [-0.39, 0.29) is 18.0 Å². The van der Waals surface area contributed by atoms with Gasteiger partial charge in [-0.25, -0.2) is 8.78 Å². The Labute approximate surface area is 141 Å². The number of amides is 2. The fraction of sp³-hybridized carbons (Fsp3) is 0.125. The summed E-state index contributed by atoms with van der Waals surface area (Å²) in [6.07, 6.45) is 0. The number of halogens is 2. The molecule has 0 spiro atoms. The third-order valence-electron chi connectivity index (χ3n) is 2.90. The van der Waals surface area contributed by atoms with Gasteiger partial charge in [-0.3, -0.25) is 9.59 Å². The zero-order valence-electron chi connectivity index (χ0n) is 12.5. The van der Waals surface area contributed by atoms with Crippen LogP contribution in [0.1, 0.15) is 0 Å². The predicted molar refractivity (Wildman–Crippen MR) is 89.8 cm³/mol. The highest BCUT2D eigenvalue weighted by molar-refractivity contribution is 8.00. The molecule has 2 aromatic carbocycles. The van der Waals surface area contributed by atoms with Crippen LogP contribution in [0.2, 0.25) is 0 Å². The Morgan fingerprint density at radius 1 is 1.08 bits per heavy atom. The van der Waals surface area contributed by atoms with Gasteiger partial charge in [0.1, 0.15) is 0 Å². The van der Waals surface area contributed by atoms with Crippen molar-refractivity contribution in [2.24, 2.45) is 5.73 Å². The first kappa shape index (κ1) is 17.7. The fourth-order valence-electron chi connectivity index (χ4n) is 1.84. The van der Waals surface area contributed by atoms with Crippen molar-refractivity contribution in [3.05, 3.63) is 54.1 Å². The molecule has 24 heavy (non-hydrogen) atoms. The van der Waals surface area contributed by atoms with Crippen LogP contribution in [0.3, 0.4) is 0 Å². The number of thioether (sulfide) groups is 1. The Kier molecular flexibility index (Phi) is 6.14. The van der Waals surface area contributed by atoms with Crippen molar-refractivity contribution in [2.75, 3.05) is 22.9 Å². The molecule has 0 bridgehead atoms. The van der Waals surface area contributed by atoms with Crippen molar-refractivity contribution in [1.82, 2.24) is 0 Å². The van der Waals surface area contributed by atoms with Crippen molar-refractivity contribution in [3.63, 3.8) is 0 Å². The number of carbonyl (C=O) groups is 2. The average Bonchev–Trinajstić information content (AvgIpc) is 2.55. The molecule has 0 fully saturated rings. The molecule has 8 heteroatoms. The van der Waals surface area contributed by atoms with Crippen molar-refractivity contribution >= 4 is 35.0 Å². The number of primary amides is 1. The van der Waals surface area contributed by atoms with Crippen LogP contribution in [-0.4, -0.2) is 24.1 Å². The molecule has 0 heterocycles. The van der Waals surface area contributed by atoms with Gasteiger partial charge in [-0.1, -0.05) is 12.1 Å². The molecule has 2 aromatic rings. The van der Waals surface area contributed by atoms with Gasteiger partial charge in [0.15, 0.2) is 11.6 Å². The average molecular weight is 351 g/mol. The lowest BCUT2D eigenvalue weighted by Gasteiger charge is -2.11. The number of hydrogen-bond acceptors (Lipinski definition) is 4. The second-order valence-electron chi connectivity index (χ2n) is 4.78. The van der Waals surface area contributed by atoms with E-state index in [0.29, 0.717) is 5.69 Å². The fourth-order valence-corrected chi connectivity index (χ4v) is 2.61. The normalized spacial score (nSPS) is 10.2. The Morgan fingerprint density at radius 3 is 2.54 bits per heavy atom. The number of nitrogens with one attached hydrogen (secondary N) is 2. The number of rotatable bonds is 7. The molecule has 4 N–H and O–H groups in total. The van der Waals surface area contributed by atoms with Crippen LogP contribution < -0.4 is 16.4 Å². The molecular weight excluding hydrogens is 336 g/mol. The summed E-state index contributed by atoms with van der Waals surface area (Å²) in [4.78, 5) is 23.5. The Hall–Kier alpha value is -2.61. The first-order chi connectivity index (χ1) is 11.5. The highest BCUT2D eigenvalue weighted by Crippen LogP contribution is 2.26. The maximum Gasteiger partial charge on any atom is 0.243 e. The van der Waals surface area contributed by atoms with Gasteiger partial charge in [-0.15, -0.1) is 11.8 Å². The number of benzene rings is 2. The van der Waals surface area contributed by atoms with Crippen LogP contribution in [0.5, 0.6) is 0 Å². The smallest absolute Gasteiger partial charge is 0.243 e. The first-order valence-electron chi connectivity index (χ1n) is 6.94. The van der Waals surface area contributed by atoms with Gasteiger partial charge in [-0.05, 0) is 24.3 Å². The highest BCUT2D eigenvalue weighted by Gasteiger charge is 2.08. The molecular formula is C16H15F2N3O2S. The van der Waals surface area contributed by atoms with Crippen LogP contribution in [0.15, 0.2) is 47.4 Å². The predicted octanol–water partition coefficient (Wildman–Crippen LogP) is 2.59. The van der Waals surface area contributed by atoms with Crippen LogP contribution in [-0.2, 0) is 9.59 Å². The third kappa shape index (κ3) is 5.24. The zero-order valence-corrected chi connectivity index (χ0v) is 13.3.